The molecule has 1 saturated heterocycles. The predicted octanol–water partition coefficient (Wildman–Crippen LogP) is 1.96. The first kappa shape index (κ1) is 13.3. The Hall–Kier alpha value is -1.72. The van der Waals surface area contributed by atoms with Gasteiger partial charge in [-0.3, -0.25) is 9.78 Å². The lowest BCUT2D eigenvalue weighted by Gasteiger charge is -2.26. The number of carbonyl (C=O) groups excluding carboxylic acids is 1. The number of hydrogen-bond donors (Lipinski definition) is 1. The van der Waals surface area contributed by atoms with Crippen molar-refractivity contribution < 1.29 is 9.90 Å². The molecule has 0 aliphatic carbocycles. The average Bonchev–Trinajstić information content (AvgIpc) is 3.11. The van der Waals surface area contributed by atoms with E-state index in [9.17, 15) is 9.90 Å². The van der Waals surface area contributed by atoms with Gasteiger partial charge >= 0.3 is 0 Å². The van der Waals surface area contributed by atoms with Crippen molar-refractivity contribution in [3.63, 3.8) is 0 Å². The van der Waals surface area contributed by atoms with Crippen LogP contribution in [0.3, 0.4) is 0 Å². The summed E-state index contributed by atoms with van der Waals surface area (Å²) >= 11 is 1.44. The van der Waals surface area contributed by atoms with E-state index in [-0.39, 0.29) is 11.9 Å². The van der Waals surface area contributed by atoms with Crippen LogP contribution in [0.15, 0.2) is 42.0 Å². The summed E-state index contributed by atoms with van der Waals surface area (Å²) in [5.74, 6) is 0.0237. The minimum Gasteiger partial charge on any atom is -0.391 e. The smallest absolute Gasteiger partial charge is 0.264 e. The van der Waals surface area contributed by atoms with Gasteiger partial charge in [0.1, 0.15) is 0 Å². The molecule has 1 aliphatic heterocycles. The molecule has 3 rings (SSSR count). The van der Waals surface area contributed by atoms with E-state index in [4.69, 9.17) is 0 Å². The third-order valence-electron chi connectivity index (χ3n) is 3.70. The van der Waals surface area contributed by atoms with Gasteiger partial charge in [-0.2, -0.15) is 0 Å². The summed E-state index contributed by atoms with van der Waals surface area (Å²) in [6.07, 6.45) is 4.34. The summed E-state index contributed by atoms with van der Waals surface area (Å²) in [5, 5.41) is 12.1. The van der Waals surface area contributed by atoms with Crippen molar-refractivity contribution >= 4 is 17.2 Å². The molecule has 2 aromatic heterocycles. The molecular weight excluding hydrogens is 272 g/mol. The molecule has 20 heavy (non-hydrogen) atoms. The molecule has 1 fully saturated rings. The van der Waals surface area contributed by atoms with Gasteiger partial charge < -0.3 is 10.0 Å². The summed E-state index contributed by atoms with van der Waals surface area (Å²) in [4.78, 5) is 19.0. The van der Waals surface area contributed by atoms with Crippen LogP contribution in [0.25, 0.3) is 0 Å². The zero-order valence-corrected chi connectivity index (χ0v) is 11.8. The van der Waals surface area contributed by atoms with Crippen LogP contribution in [-0.4, -0.2) is 39.6 Å². The van der Waals surface area contributed by atoms with Crippen molar-refractivity contribution in [2.75, 3.05) is 6.54 Å². The minimum atomic E-state index is -0.452. The normalized spacial score (nSPS) is 22.1. The second kappa shape index (κ2) is 5.73. The molecule has 1 aliphatic rings. The van der Waals surface area contributed by atoms with E-state index in [2.05, 4.69) is 4.98 Å². The Labute approximate surface area is 121 Å². The topological polar surface area (TPSA) is 53.4 Å². The highest BCUT2D eigenvalue weighted by Gasteiger charge is 2.36. The maximum atomic E-state index is 12.5. The van der Waals surface area contributed by atoms with Crippen LogP contribution in [0.4, 0.5) is 0 Å². The van der Waals surface area contributed by atoms with Gasteiger partial charge in [0.25, 0.3) is 5.91 Å². The van der Waals surface area contributed by atoms with Crippen LogP contribution in [0.1, 0.15) is 21.7 Å². The molecule has 0 unspecified atom stereocenters. The summed E-state index contributed by atoms with van der Waals surface area (Å²) < 4.78 is 0. The van der Waals surface area contributed by atoms with Gasteiger partial charge in [0.15, 0.2) is 0 Å². The Morgan fingerprint density at radius 3 is 2.90 bits per heavy atom. The van der Waals surface area contributed by atoms with Gasteiger partial charge in [0.2, 0.25) is 0 Å². The average molecular weight is 288 g/mol. The third kappa shape index (κ3) is 2.59. The minimum absolute atomic E-state index is 0.0237. The number of pyridine rings is 1. The van der Waals surface area contributed by atoms with E-state index in [0.29, 0.717) is 19.4 Å². The first-order chi connectivity index (χ1) is 9.75. The second-order valence-corrected chi connectivity index (χ2v) is 5.91. The monoisotopic (exact) mass is 288 g/mol. The molecule has 2 atom stereocenters. The van der Waals surface area contributed by atoms with E-state index in [1.54, 1.807) is 17.3 Å². The molecule has 0 saturated carbocycles. The number of carbonyl (C=O) groups is 1. The number of rotatable bonds is 3. The quantitative estimate of drug-likeness (QED) is 0.939. The summed E-state index contributed by atoms with van der Waals surface area (Å²) in [5.41, 5.74) is 1.09. The van der Waals surface area contributed by atoms with Crippen molar-refractivity contribution in [3.8, 4) is 0 Å². The van der Waals surface area contributed by atoms with E-state index < -0.39 is 6.10 Å². The second-order valence-electron chi connectivity index (χ2n) is 4.96. The van der Waals surface area contributed by atoms with Crippen LogP contribution >= 0.6 is 11.3 Å². The Bertz CT molecular complexity index is 571. The summed E-state index contributed by atoms with van der Waals surface area (Å²) in [6.45, 7) is 0.619. The number of aliphatic hydroxyl groups is 1. The Kier molecular flexibility index (Phi) is 3.80. The highest BCUT2D eigenvalue weighted by molar-refractivity contribution is 7.12. The van der Waals surface area contributed by atoms with Crippen molar-refractivity contribution in [2.24, 2.45) is 0 Å². The number of hydrogen-bond acceptors (Lipinski definition) is 4. The van der Waals surface area contributed by atoms with Crippen LogP contribution in [0, 0.1) is 0 Å². The fraction of sp³-hybridized carbons (Fsp3) is 0.333. The molecule has 4 nitrogen and oxygen atoms in total. The standard InChI is InChI=1S/C15H16N2O2S/c18-13-5-8-17(15(19)14-2-1-9-20-14)12(13)10-11-3-6-16-7-4-11/h1-4,6-7,9,12-13,18H,5,8,10H2/t12-,13-/m0/s1. The fourth-order valence-electron chi connectivity index (χ4n) is 2.64. The highest BCUT2D eigenvalue weighted by Crippen LogP contribution is 2.25. The SMILES string of the molecule is O=C(c1cccs1)N1CC[C@H](O)[C@@H]1Cc1ccncc1. The number of aliphatic hydroxyl groups excluding tert-OH is 1. The molecule has 104 valence electrons. The van der Waals surface area contributed by atoms with E-state index >= 15 is 0 Å². The molecule has 0 spiro atoms. The van der Waals surface area contributed by atoms with Crippen molar-refractivity contribution in [2.45, 2.75) is 25.0 Å². The van der Waals surface area contributed by atoms with Crippen molar-refractivity contribution in [3.05, 3.63) is 52.5 Å². The molecule has 2 aromatic rings. The Balaban J connectivity index is 1.78. The summed E-state index contributed by atoms with van der Waals surface area (Å²) in [7, 11) is 0. The van der Waals surface area contributed by atoms with E-state index in [1.807, 2.05) is 29.6 Å². The van der Waals surface area contributed by atoms with E-state index in [1.165, 1.54) is 11.3 Å². The lowest BCUT2D eigenvalue weighted by molar-refractivity contribution is 0.0644. The number of nitrogens with zero attached hydrogens (tertiary/aromatic N) is 2. The number of aromatic nitrogens is 1. The molecule has 0 radical (unpaired) electrons. The first-order valence-corrected chi connectivity index (χ1v) is 7.55. The lowest BCUT2D eigenvalue weighted by Crippen LogP contribution is -2.40. The number of thiophene rings is 1. The first-order valence-electron chi connectivity index (χ1n) is 6.67. The highest BCUT2D eigenvalue weighted by atomic mass is 32.1. The maximum Gasteiger partial charge on any atom is 0.264 e. The maximum absolute atomic E-state index is 12.5. The van der Waals surface area contributed by atoms with E-state index in [0.717, 1.165) is 10.4 Å². The molecule has 1 N–H and O–H groups in total. The van der Waals surface area contributed by atoms with Gasteiger partial charge in [0.05, 0.1) is 17.0 Å². The molecule has 5 heteroatoms. The van der Waals surface area contributed by atoms with Crippen LogP contribution in [0.5, 0.6) is 0 Å². The largest absolute Gasteiger partial charge is 0.391 e. The molecular formula is C15H16N2O2S. The molecule has 1 amide bonds. The predicted molar refractivity (Wildman–Crippen MR) is 77.7 cm³/mol. The molecule has 0 aromatic carbocycles. The summed E-state index contributed by atoms with van der Waals surface area (Å²) in [6, 6.07) is 7.42. The van der Waals surface area contributed by atoms with Gasteiger partial charge in [-0.05, 0) is 42.0 Å². The molecule has 0 bridgehead atoms. The Morgan fingerprint density at radius 2 is 2.20 bits per heavy atom. The zero-order valence-electron chi connectivity index (χ0n) is 11.0. The van der Waals surface area contributed by atoms with Gasteiger partial charge in [-0.1, -0.05) is 6.07 Å². The van der Waals surface area contributed by atoms with Crippen LogP contribution < -0.4 is 0 Å². The molecule has 3 heterocycles. The van der Waals surface area contributed by atoms with Crippen LogP contribution in [0.2, 0.25) is 0 Å². The van der Waals surface area contributed by atoms with Crippen LogP contribution in [-0.2, 0) is 6.42 Å². The third-order valence-corrected chi connectivity index (χ3v) is 4.56. The Morgan fingerprint density at radius 1 is 1.40 bits per heavy atom. The fourth-order valence-corrected chi connectivity index (χ4v) is 3.32. The number of likely N-dealkylation sites (tertiary alicyclic amines) is 1. The van der Waals surface area contributed by atoms with Crippen molar-refractivity contribution in [1.29, 1.82) is 0 Å². The van der Waals surface area contributed by atoms with Gasteiger partial charge in [-0.25, -0.2) is 0 Å². The van der Waals surface area contributed by atoms with Gasteiger partial charge in [-0.15, -0.1) is 11.3 Å². The number of amides is 1. The zero-order chi connectivity index (χ0) is 13.9. The lowest BCUT2D eigenvalue weighted by atomic mass is 10.0. The van der Waals surface area contributed by atoms with Crippen molar-refractivity contribution in [1.82, 2.24) is 9.88 Å². The van der Waals surface area contributed by atoms with Gasteiger partial charge in [0, 0.05) is 18.9 Å².